The minimum atomic E-state index is -0.376. The maximum atomic E-state index is 13.0. The number of methoxy groups -OCH3 is 1. The highest BCUT2D eigenvalue weighted by Crippen LogP contribution is 2.21. The Labute approximate surface area is 88.9 Å². The Kier molecular flexibility index (Phi) is 4.37. The lowest BCUT2D eigenvalue weighted by Gasteiger charge is -2.09. The fourth-order valence-corrected chi connectivity index (χ4v) is 1.20. The lowest BCUT2D eigenvalue weighted by molar-refractivity contribution is 0.189. The molecule has 0 aliphatic rings. The summed E-state index contributed by atoms with van der Waals surface area (Å²) in [6.07, 6.45) is 0.319. The molecule has 0 aliphatic heterocycles. The van der Waals surface area contributed by atoms with Gasteiger partial charge in [-0.15, -0.1) is 0 Å². The lowest BCUT2D eigenvalue weighted by Crippen LogP contribution is -2.09. The lowest BCUT2D eigenvalue weighted by atomic mass is 10.2. The van der Waals surface area contributed by atoms with Crippen molar-refractivity contribution in [3.63, 3.8) is 0 Å². The third kappa shape index (κ3) is 3.75. The zero-order chi connectivity index (χ0) is 11.3. The van der Waals surface area contributed by atoms with Crippen molar-refractivity contribution in [2.24, 2.45) is 0 Å². The normalized spacial score (nSPS) is 12.3. The summed E-state index contributed by atoms with van der Waals surface area (Å²) in [5, 5.41) is 12.1. The molecule has 0 spiro atoms. The number of nitrogens with one attached hydrogen (secondary N) is 1. The molecule has 0 bridgehead atoms. The Bertz CT molecular complexity index is 315. The van der Waals surface area contributed by atoms with Crippen LogP contribution < -0.4 is 10.1 Å². The minimum absolute atomic E-state index is 0.219. The molecule has 1 aromatic rings. The molecule has 15 heavy (non-hydrogen) atoms. The van der Waals surface area contributed by atoms with E-state index in [1.807, 2.05) is 0 Å². The number of benzene rings is 1. The fraction of sp³-hybridized carbons (Fsp3) is 0.455. The second-order valence-corrected chi connectivity index (χ2v) is 3.41. The minimum Gasteiger partial charge on any atom is -0.494 e. The van der Waals surface area contributed by atoms with Crippen LogP contribution in [0.3, 0.4) is 0 Å². The highest BCUT2D eigenvalue weighted by Gasteiger charge is 2.03. The molecule has 3 nitrogen and oxygen atoms in total. The molecule has 84 valence electrons. The Morgan fingerprint density at radius 3 is 2.87 bits per heavy atom. The largest absolute Gasteiger partial charge is 0.494 e. The first-order valence-electron chi connectivity index (χ1n) is 4.89. The van der Waals surface area contributed by atoms with E-state index in [0.29, 0.717) is 13.0 Å². The van der Waals surface area contributed by atoms with Crippen molar-refractivity contribution >= 4 is 5.69 Å². The summed E-state index contributed by atoms with van der Waals surface area (Å²) in [7, 11) is 1.43. The van der Waals surface area contributed by atoms with Crippen molar-refractivity contribution in [3.05, 3.63) is 24.0 Å². The van der Waals surface area contributed by atoms with Crippen LogP contribution in [-0.2, 0) is 0 Å². The van der Waals surface area contributed by atoms with Gasteiger partial charge in [0, 0.05) is 18.3 Å². The van der Waals surface area contributed by atoms with Crippen LogP contribution in [0.25, 0.3) is 0 Å². The van der Waals surface area contributed by atoms with E-state index in [9.17, 15) is 4.39 Å². The van der Waals surface area contributed by atoms with Gasteiger partial charge in [0.1, 0.15) is 0 Å². The first-order chi connectivity index (χ1) is 7.13. The molecule has 1 rings (SSSR count). The van der Waals surface area contributed by atoms with Crippen LogP contribution in [0.1, 0.15) is 13.3 Å². The molecule has 0 radical (unpaired) electrons. The molecule has 0 fully saturated rings. The maximum absolute atomic E-state index is 13.0. The number of aliphatic hydroxyl groups excluding tert-OH is 1. The first-order valence-corrected chi connectivity index (χ1v) is 4.89. The molecule has 0 saturated heterocycles. The monoisotopic (exact) mass is 213 g/mol. The zero-order valence-electron chi connectivity index (χ0n) is 8.96. The molecule has 2 N–H and O–H groups in total. The standard InChI is InChI=1S/C11H16FNO2/c1-8(14)5-6-13-9-3-4-10(12)11(7-9)15-2/h3-4,7-8,13-14H,5-6H2,1-2H3. The van der Waals surface area contributed by atoms with Gasteiger partial charge in [0.25, 0.3) is 0 Å². The van der Waals surface area contributed by atoms with Gasteiger partial charge < -0.3 is 15.2 Å². The van der Waals surface area contributed by atoms with E-state index in [0.717, 1.165) is 5.69 Å². The molecule has 0 aromatic heterocycles. The number of hydrogen-bond acceptors (Lipinski definition) is 3. The SMILES string of the molecule is COc1cc(NCCC(C)O)ccc1F. The number of anilines is 1. The molecule has 0 saturated carbocycles. The number of aliphatic hydroxyl groups is 1. The predicted octanol–water partition coefficient (Wildman–Crippen LogP) is 2.02. The average Bonchev–Trinajstić information content (AvgIpc) is 2.20. The summed E-state index contributed by atoms with van der Waals surface area (Å²) in [5.41, 5.74) is 0.786. The van der Waals surface area contributed by atoms with Crippen LogP contribution in [0.15, 0.2) is 18.2 Å². The average molecular weight is 213 g/mol. The number of hydrogen-bond donors (Lipinski definition) is 2. The van der Waals surface area contributed by atoms with Crippen LogP contribution in [0.4, 0.5) is 10.1 Å². The van der Waals surface area contributed by atoms with Crippen LogP contribution in [0.2, 0.25) is 0 Å². The molecule has 4 heteroatoms. The zero-order valence-corrected chi connectivity index (χ0v) is 8.96. The Morgan fingerprint density at radius 1 is 1.53 bits per heavy atom. The van der Waals surface area contributed by atoms with Crippen LogP contribution in [0, 0.1) is 5.82 Å². The van der Waals surface area contributed by atoms with Crippen LogP contribution >= 0.6 is 0 Å². The summed E-state index contributed by atoms with van der Waals surface area (Å²) in [4.78, 5) is 0. The Hall–Kier alpha value is -1.29. The molecule has 1 atom stereocenters. The quantitative estimate of drug-likeness (QED) is 0.786. The van der Waals surface area contributed by atoms with E-state index in [-0.39, 0.29) is 17.7 Å². The van der Waals surface area contributed by atoms with Crippen molar-refractivity contribution in [2.75, 3.05) is 19.0 Å². The van der Waals surface area contributed by atoms with Gasteiger partial charge in [0.2, 0.25) is 0 Å². The second kappa shape index (κ2) is 5.56. The topological polar surface area (TPSA) is 41.5 Å². The van der Waals surface area contributed by atoms with Crippen LogP contribution in [-0.4, -0.2) is 24.9 Å². The van der Waals surface area contributed by atoms with Gasteiger partial charge in [-0.2, -0.15) is 0 Å². The summed E-state index contributed by atoms with van der Waals surface area (Å²) in [5.74, 6) is -0.157. The third-order valence-corrected chi connectivity index (χ3v) is 2.04. The summed E-state index contributed by atoms with van der Waals surface area (Å²) in [6.45, 7) is 2.37. The van der Waals surface area contributed by atoms with Crippen molar-refractivity contribution in [1.82, 2.24) is 0 Å². The third-order valence-electron chi connectivity index (χ3n) is 2.04. The highest BCUT2D eigenvalue weighted by molar-refractivity contribution is 5.48. The summed E-state index contributed by atoms with van der Waals surface area (Å²) in [6, 6.07) is 4.58. The van der Waals surface area contributed by atoms with E-state index >= 15 is 0 Å². The van der Waals surface area contributed by atoms with Gasteiger partial charge in [0.15, 0.2) is 11.6 Å². The first kappa shape index (κ1) is 11.8. The number of halogens is 1. The smallest absolute Gasteiger partial charge is 0.165 e. The molecular weight excluding hydrogens is 197 g/mol. The van der Waals surface area contributed by atoms with Crippen LogP contribution in [0.5, 0.6) is 5.75 Å². The Morgan fingerprint density at radius 2 is 2.27 bits per heavy atom. The molecule has 0 aliphatic carbocycles. The van der Waals surface area contributed by atoms with Crippen molar-refractivity contribution in [2.45, 2.75) is 19.4 Å². The van der Waals surface area contributed by atoms with E-state index < -0.39 is 0 Å². The summed E-state index contributed by atoms with van der Waals surface area (Å²) >= 11 is 0. The second-order valence-electron chi connectivity index (χ2n) is 3.41. The van der Waals surface area contributed by atoms with E-state index in [4.69, 9.17) is 9.84 Å². The van der Waals surface area contributed by atoms with Gasteiger partial charge in [-0.05, 0) is 25.5 Å². The number of ether oxygens (including phenoxy) is 1. The fourth-order valence-electron chi connectivity index (χ4n) is 1.20. The van der Waals surface area contributed by atoms with Gasteiger partial charge in [-0.1, -0.05) is 0 Å². The van der Waals surface area contributed by atoms with Gasteiger partial charge >= 0.3 is 0 Å². The van der Waals surface area contributed by atoms with Gasteiger partial charge in [-0.25, -0.2) is 4.39 Å². The number of rotatable bonds is 5. The maximum Gasteiger partial charge on any atom is 0.165 e. The van der Waals surface area contributed by atoms with Crippen molar-refractivity contribution in [3.8, 4) is 5.75 Å². The van der Waals surface area contributed by atoms with Crippen molar-refractivity contribution in [1.29, 1.82) is 0 Å². The van der Waals surface area contributed by atoms with Crippen molar-refractivity contribution < 1.29 is 14.2 Å². The molecule has 0 heterocycles. The van der Waals surface area contributed by atoms with Gasteiger partial charge in [0.05, 0.1) is 13.2 Å². The van der Waals surface area contributed by atoms with Gasteiger partial charge in [-0.3, -0.25) is 0 Å². The molecule has 1 unspecified atom stereocenters. The Balaban J connectivity index is 2.54. The predicted molar refractivity (Wildman–Crippen MR) is 57.7 cm³/mol. The van der Waals surface area contributed by atoms with E-state index in [2.05, 4.69) is 5.32 Å². The molecule has 0 amide bonds. The molecular formula is C11H16FNO2. The van der Waals surface area contributed by atoms with E-state index in [1.54, 1.807) is 19.1 Å². The summed E-state index contributed by atoms with van der Waals surface area (Å²) < 4.78 is 17.9. The highest BCUT2D eigenvalue weighted by atomic mass is 19.1. The van der Waals surface area contributed by atoms with E-state index in [1.165, 1.54) is 13.2 Å². The molecule has 1 aromatic carbocycles.